The second-order valence-corrected chi connectivity index (χ2v) is 4.96. The fraction of sp³-hybridized carbons (Fsp3) is 0.714. The summed E-state index contributed by atoms with van der Waals surface area (Å²) in [6, 6.07) is 0. The van der Waals surface area contributed by atoms with Crippen LogP contribution in [0.2, 0.25) is 5.35 Å². The highest BCUT2D eigenvalue weighted by Gasteiger charge is 2.36. The van der Waals surface area contributed by atoms with Crippen molar-refractivity contribution in [2.45, 2.75) is 24.5 Å². The zero-order valence-electron chi connectivity index (χ0n) is 6.71. The lowest BCUT2D eigenvalue weighted by Crippen LogP contribution is -2.12. The molecule has 1 atom stereocenters. The molecule has 0 saturated carbocycles. The molecule has 1 aliphatic heterocycles. The Kier molecular flexibility index (Phi) is 2.04. The number of hydrogen-bond acceptors (Lipinski definition) is 4. The van der Waals surface area contributed by atoms with E-state index in [1.165, 1.54) is 6.42 Å². The van der Waals surface area contributed by atoms with Gasteiger partial charge in [-0.1, -0.05) is 5.10 Å². The normalized spacial score (nSPS) is 29.5. The zero-order chi connectivity index (χ0) is 8.60. The Morgan fingerprint density at radius 3 is 2.92 bits per heavy atom. The maximum atomic E-state index is 5.55. The SMILES string of the molecule is CC1(c2nnc(Cl)o2)CCCS1. The van der Waals surface area contributed by atoms with E-state index in [2.05, 4.69) is 17.1 Å². The van der Waals surface area contributed by atoms with Crippen molar-refractivity contribution in [3.05, 3.63) is 11.2 Å². The number of thioether (sulfide) groups is 1. The summed E-state index contributed by atoms with van der Waals surface area (Å²) in [7, 11) is 0. The molecule has 66 valence electrons. The number of halogens is 1. The molecule has 0 aromatic carbocycles. The van der Waals surface area contributed by atoms with Crippen molar-refractivity contribution in [3.63, 3.8) is 0 Å². The van der Waals surface area contributed by atoms with Gasteiger partial charge in [-0.05, 0) is 37.1 Å². The lowest BCUT2D eigenvalue weighted by Gasteiger charge is -2.16. The van der Waals surface area contributed by atoms with Crippen molar-refractivity contribution in [2.24, 2.45) is 0 Å². The van der Waals surface area contributed by atoms with E-state index in [0.717, 1.165) is 12.2 Å². The number of rotatable bonds is 1. The number of hydrogen-bond donors (Lipinski definition) is 0. The summed E-state index contributed by atoms with van der Waals surface area (Å²) >= 11 is 7.41. The van der Waals surface area contributed by atoms with Gasteiger partial charge < -0.3 is 4.42 Å². The van der Waals surface area contributed by atoms with Crippen LogP contribution < -0.4 is 0 Å². The van der Waals surface area contributed by atoms with Crippen molar-refractivity contribution >= 4 is 23.4 Å². The highest BCUT2D eigenvalue weighted by atomic mass is 35.5. The second-order valence-electron chi connectivity index (χ2n) is 3.04. The van der Waals surface area contributed by atoms with Crippen LogP contribution in [0, 0.1) is 0 Å². The maximum absolute atomic E-state index is 5.55. The van der Waals surface area contributed by atoms with Gasteiger partial charge >= 0.3 is 5.35 Å². The predicted octanol–water partition coefficient (Wildman–Crippen LogP) is 2.47. The monoisotopic (exact) mass is 204 g/mol. The molecule has 2 rings (SSSR count). The van der Waals surface area contributed by atoms with Crippen molar-refractivity contribution in [3.8, 4) is 0 Å². The standard InChI is InChI=1S/C7H9ClN2OS/c1-7(3-2-4-12-7)5-9-10-6(8)11-5/h2-4H2,1H3. The molecule has 1 saturated heterocycles. The van der Waals surface area contributed by atoms with Gasteiger partial charge in [-0.25, -0.2) is 0 Å². The van der Waals surface area contributed by atoms with Crippen molar-refractivity contribution in [1.82, 2.24) is 10.2 Å². The Balaban J connectivity index is 2.28. The van der Waals surface area contributed by atoms with Gasteiger partial charge in [-0.3, -0.25) is 0 Å². The summed E-state index contributed by atoms with van der Waals surface area (Å²) in [5, 5.41) is 7.68. The molecule has 0 bridgehead atoms. The molecule has 1 aliphatic rings. The molecule has 1 aromatic rings. The lowest BCUT2D eigenvalue weighted by molar-refractivity contribution is 0.429. The van der Waals surface area contributed by atoms with E-state index >= 15 is 0 Å². The second kappa shape index (κ2) is 2.92. The van der Waals surface area contributed by atoms with Gasteiger partial charge in [0.1, 0.15) is 0 Å². The van der Waals surface area contributed by atoms with Gasteiger partial charge in [0.2, 0.25) is 5.89 Å². The molecule has 0 aliphatic carbocycles. The third-order valence-corrected chi connectivity index (χ3v) is 3.73. The minimum atomic E-state index is 0.000139. The third-order valence-electron chi connectivity index (χ3n) is 2.07. The Labute approximate surface area is 79.9 Å². The van der Waals surface area contributed by atoms with E-state index in [-0.39, 0.29) is 10.1 Å². The summed E-state index contributed by atoms with van der Waals surface area (Å²) in [5.41, 5.74) is 0. The molecule has 12 heavy (non-hydrogen) atoms. The van der Waals surface area contributed by atoms with Crippen LogP contribution in [0.15, 0.2) is 4.42 Å². The van der Waals surface area contributed by atoms with Gasteiger partial charge in [-0.2, -0.15) is 0 Å². The Bertz CT molecular complexity index is 283. The van der Waals surface area contributed by atoms with Crippen LogP contribution in [-0.2, 0) is 4.75 Å². The van der Waals surface area contributed by atoms with Crippen molar-refractivity contribution < 1.29 is 4.42 Å². The van der Waals surface area contributed by atoms with Crippen LogP contribution >= 0.6 is 23.4 Å². The fourth-order valence-electron chi connectivity index (χ4n) is 1.37. The Hall–Kier alpha value is -0.220. The van der Waals surface area contributed by atoms with Gasteiger partial charge in [0, 0.05) is 0 Å². The maximum Gasteiger partial charge on any atom is 0.312 e. The van der Waals surface area contributed by atoms with E-state index in [9.17, 15) is 0 Å². The van der Waals surface area contributed by atoms with E-state index < -0.39 is 0 Å². The zero-order valence-corrected chi connectivity index (χ0v) is 8.28. The summed E-state index contributed by atoms with van der Waals surface area (Å²) < 4.78 is 5.19. The topological polar surface area (TPSA) is 38.9 Å². The quantitative estimate of drug-likeness (QED) is 0.705. The van der Waals surface area contributed by atoms with Gasteiger partial charge in [0.25, 0.3) is 0 Å². The first-order chi connectivity index (χ1) is 5.71. The smallest absolute Gasteiger partial charge is 0.312 e. The largest absolute Gasteiger partial charge is 0.411 e. The minimum Gasteiger partial charge on any atom is -0.411 e. The average molecular weight is 205 g/mol. The van der Waals surface area contributed by atoms with Gasteiger partial charge in [0.15, 0.2) is 0 Å². The highest BCUT2D eigenvalue weighted by molar-refractivity contribution is 8.00. The Morgan fingerprint density at radius 2 is 2.42 bits per heavy atom. The summed E-state index contributed by atoms with van der Waals surface area (Å²) in [4.78, 5) is 0. The van der Waals surface area contributed by atoms with Crippen LogP contribution in [0.5, 0.6) is 0 Å². The average Bonchev–Trinajstić information content (AvgIpc) is 2.59. The van der Waals surface area contributed by atoms with Gasteiger partial charge in [-0.15, -0.1) is 16.9 Å². The minimum absolute atomic E-state index is 0.000139. The Morgan fingerprint density at radius 1 is 1.58 bits per heavy atom. The van der Waals surface area contributed by atoms with E-state index in [1.807, 2.05) is 11.8 Å². The summed E-state index contributed by atoms with van der Waals surface area (Å²) in [6.45, 7) is 2.12. The molecule has 2 heterocycles. The molecule has 0 N–H and O–H groups in total. The molecule has 5 heteroatoms. The third kappa shape index (κ3) is 1.33. The molecule has 1 unspecified atom stereocenters. The van der Waals surface area contributed by atoms with Crippen LogP contribution in [-0.4, -0.2) is 16.0 Å². The fourth-order valence-corrected chi connectivity index (χ4v) is 2.71. The first-order valence-corrected chi connectivity index (χ1v) is 5.20. The van der Waals surface area contributed by atoms with Crippen molar-refractivity contribution in [1.29, 1.82) is 0 Å². The first-order valence-electron chi connectivity index (χ1n) is 3.84. The molecule has 3 nitrogen and oxygen atoms in total. The molecule has 0 spiro atoms. The predicted molar refractivity (Wildman–Crippen MR) is 48.4 cm³/mol. The number of aromatic nitrogens is 2. The molecule has 0 amide bonds. The van der Waals surface area contributed by atoms with Crippen LogP contribution in [0.4, 0.5) is 0 Å². The van der Waals surface area contributed by atoms with Crippen LogP contribution in [0.3, 0.4) is 0 Å². The van der Waals surface area contributed by atoms with Crippen molar-refractivity contribution in [2.75, 3.05) is 5.75 Å². The molecular formula is C7H9ClN2OS. The highest BCUT2D eigenvalue weighted by Crippen LogP contribution is 2.45. The molecular weight excluding hydrogens is 196 g/mol. The number of nitrogens with zero attached hydrogens (tertiary/aromatic N) is 2. The molecule has 1 fully saturated rings. The molecule has 0 radical (unpaired) electrons. The summed E-state index contributed by atoms with van der Waals surface area (Å²) in [5.74, 6) is 1.83. The molecule has 1 aromatic heterocycles. The van der Waals surface area contributed by atoms with Gasteiger partial charge in [0.05, 0.1) is 4.75 Å². The van der Waals surface area contributed by atoms with Crippen LogP contribution in [0.1, 0.15) is 25.7 Å². The van der Waals surface area contributed by atoms with Crippen LogP contribution in [0.25, 0.3) is 0 Å². The van der Waals surface area contributed by atoms with E-state index in [4.69, 9.17) is 16.0 Å². The van der Waals surface area contributed by atoms with E-state index in [1.54, 1.807) is 0 Å². The first kappa shape index (κ1) is 8.38. The summed E-state index contributed by atoms with van der Waals surface area (Å²) in [6.07, 6.45) is 2.30. The van der Waals surface area contributed by atoms with E-state index in [0.29, 0.717) is 5.89 Å². The lowest BCUT2D eigenvalue weighted by atomic mass is 10.1.